The van der Waals surface area contributed by atoms with E-state index >= 15 is 0 Å². The van der Waals surface area contributed by atoms with Crippen molar-refractivity contribution in [2.24, 2.45) is 4.40 Å². The number of nitrogens with zero attached hydrogens (tertiary/aromatic N) is 2. The molecule has 1 aromatic heterocycles. The summed E-state index contributed by atoms with van der Waals surface area (Å²) in [5.74, 6) is 0. The van der Waals surface area contributed by atoms with E-state index in [0.29, 0.717) is 5.02 Å². The molecule has 82 valence electrons. The minimum atomic E-state index is -1.26. The fourth-order valence-corrected chi connectivity index (χ4v) is 1.45. The van der Waals surface area contributed by atoms with Crippen molar-refractivity contribution >= 4 is 28.8 Å². The summed E-state index contributed by atoms with van der Waals surface area (Å²) < 4.78 is 15.2. The first kappa shape index (κ1) is 12.3. The highest BCUT2D eigenvalue weighted by molar-refractivity contribution is 7.85. The maximum absolute atomic E-state index is 11.6. The third kappa shape index (κ3) is 3.72. The summed E-state index contributed by atoms with van der Waals surface area (Å²) in [6.07, 6.45) is 4.67. The first-order valence-electron chi connectivity index (χ1n) is 4.47. The van der Waals surface area contributed by atoms with E-state index in [1.165, 1.54) is 12.4 Å². The summed E-state index contributed by atoms with van der Waals surface area (Å²) in [4.78, 5) is 3.85. The van der Waals surface area contributed by atoms with Gasteiger partial charge in [-0.05, 0) is 26.8 Å². The first-order chi connectivity index (χ1) is 6.91. The van der Waals surface area contributed by atoms with Gasteiger partial charge in [0.2, 0.25) is 0 Å². The van der Waals surface area contributed by atoms with Gasteiger partial charge >= 0.3 is 0 Å². The van der Waals surface area contributed by atoms with Crippen LogP contribution in [0.1, 0.15) is 26.3 Å². The quantitative estimate of drug-likeness (QED) is 0.751. The van der Waals surface area contributed by atoms with Gasteiger partial charge in [0.25, 0.3) is 0 Å². The van der Waals surface area contributed by atoms with Crippen molar-refractivity contribution in [2.45, 2.75) is 25.5 Å². The van der Waals surface area contributed by atoms with E-state index in [9.17, 15) is 4.21 Å². The van der Waals surface area contributed by atoms with Gasteiger partial charge in [0.15, 0.2) is 0 Å². The highest BCUT2D eigenvalue weighted by atomic mass is 35.5. The number of aromatic nitrogens is 1. The van der Waals surface area contributed by atoms with Gasteiger partial charge in [0.1, 0.15) is 11.0 Å². The molecule has 0 spiro atoms. The number of hydrogen-bond donors (Lipinski definition) is 0. The van der Waals surface area contributed by atoms with Crippen LogP contribution in [0.2, 0.25) is 5.02 Å². The van der Waals surface area contributed by atoms with Crippen LogP contribution in [-0.4, -0.2) is 20.2 Å². The van der Waals surface area contributed by atoms with Crippen LogP contribution in [0.3, 0.4) is 0 Å². The van der Waals surface area contributed by atoms with E-state index in [-0.39, 0.29) is 4.75 Å². The second-order valence-electron chi connectivity index (χ2n) is 3.99. The Morgan fingerprint density at radius 2 is 2.20 bits per heavy atom. The average Bonchev–Trinajstić information content (AvgIpc) is 2.14. The van der Waals surface area contributed by atoms with Crippen molar-refractivity contribution in [1.29, 1.82) is 0 Å². The zero-order chi connectivity index (χ0) is 11.5. The van der Waals surface area contributed by atoms with Gasteiger partial charge in [0, 0.05) is 24.2 Å². The highest BCUT2D eigenvalue weighted by Crippen LogP contribution is 2.14. The Bertz CT molecular complexity index is 399. The van der Waals surface area contributed by atoms with Crippen LogP contribution in [0.4, 0.5) is 0 Å². The third-order valence-corrected chi connectivity index (χ3v) is 3.28. The van der Waals surface area contributed by atoms with Gasteiger partial charge in [0.05, 0.1) is 9.77 Å². The van der Waals surface area contributed by atoms with E-state index < -0.39 is 11.0 Å². The molecule has 0 aromatic carbocycles. The molecule has 1 rings (SSSR count). The Morgan fingerprint density at radius 3 is 2.73 bits per heavy atom. The molecule has 0 aliphatic heterocycles. The summed E-state index contributed by atoms with van der Waals surface area (Å²) >= 11 is 5.87. The normalized spacial score (nSPS) is 14.4. The van der Waals surface area contributed by atoms with Crippen molar-refractivity contribution in [1.82, 2.24) is 4.98 Å². The Kier molecular flexibility index (Phi) is 3.99. The minimum absolute atomic E-state index is 0.351. The van der Waals surface area contributed by atoms with Crippen molar-refractivity contribution in [3.63, 3.8) is 0 Å². The molecule has 0 amide bonds. The molecule has 15 heavy (non-hydrogen) atoms. The van der Waals surface area contributed by atoms with Crippen LogP contribution in [0.15, 0.2) is 22.9 Å². The van der Waals surface area contributed by atoms with Gasteiger partial charge in [-0.15, -0.1) is 0 Å². The molecule has 0 radical (unpaired) electrons. The van der Waals surface area contributed by atoms with Crippen molar-refractivity contribution in [3.05, 3.63) is 29.0 Å². The van der Waals surface area contributed by atoms with E-state index in [1.54, 1.807) is 12.3 Å². The molecule has 5 heteroatoms. The van der Waals surface area contributed by atoms with Gasteiger partial charge in [-0.1, -0.05) is 11.6 Å². The molecule has 0 fully saturated rings. The van der Waals surface area contributed by atoms with Crippen molar-refractivity contribution in [2.75, 3.05) is 0 Å². The Morgan fingerprint density at radius 1 is 1.53 bits per heavy atom. The van der Waals surface area contributed by atoms with E-state index in [4.69, 9.17) is 11.6 Å². The molecule has 0 aliphatic carbocycles. The van der Waals surface area contributed by atoms with Crippen LogP contribution in [0.5, 0.6) is 0 Å². The number of halogens is 1. The molecule has 0 bridgehead atoms. The number of hydrogen-bond acceptors (Lipinski definition) is 2. The van der Waals surface area contributed by atoms with Gasteiger partial charge in [-0.25, -0.2) is 4.21 Å². The molecule has 0 saturated heterocycles. The van der Waals surface area contributed by atoms with Crippen LogP contribution in [0, 0.1) is 0 Å². The van der Waals surface area contributed by atoms with Crippen LogP contribution in [0.25, 0.3) is 0 Å². The lowest BCUT2D eigenvalue weighted by molar-refractivity contribution is 0.651. The fourth-order valence-electron chi connectivity index (χ4n) is 0.753. The zero-order valence-electron chi connectivity index (χ0n) is 8.90. The summed E-state index contributed by atoms with van der Waals surface area (Å²) in [5, 5.41) is 0.507. The van der Waals surface area contributed by atoms with Crippen LogP contribution in [-0.2, 0) is 11.0 Å². The zero-order valence-corrected chi connectivity index (χ0v) is 10.5. The largest absolute Gasteiger partial charge is 0.263 e. The molecule has 3 nitrogen and oxygen atoms in total. The maximum atomic E-state index is 11.6. The number of pyridine rings is 1. The lowest BCUT2D eigenvalue weighted by Crippen LogP contribution is -2.19. The van der Waals surface area contributed by atoms with Crippen molar-refractivity contribution < 1.29 is 4.21 Å². The van der Waals surface area contributed by atoms with Crippen molar-refractivity contribution in [3.8, 4) is 0 Å². The monoisotopic (exact) mass is 244 g/mol. The Labute approximate surface area is 97.2 Å². The average molecular weight is 245 g/mol. The second kappa shape index (κ2) is 4.86. The molecular formula is C10H13ClN2OS. The lowest BCUT2D eigenvalue weighted by atomic mass is 10.3. The third-order valence-electron chi connectivity index (χ3n) is 1.62. The predicted molar refractivity (Wildman–Crippen MR) is 64.7 cm³/mol. The lowest BCUT2D eigenvalue weighted by Gasteiger charge is -2.12. The second-order valence-corrected chi connectivity index (χ2v) is 6.33. The van der Waals surface area contributed by atoms with Gasteiger partial charge in [-0.2, -0.15) is 4.40 Å². The van der Waals surface area contributed by atoms with E-state index in [1.807, 2.05) is 20.8 Å². The molecular weight excluding hydrogens is 232 g/mol. The molecule has 1 atom stereocenters. The van der Waals surface area contributed by atoms with Crippen LogP contribution >= 0.6 is 11.6 Å². The molecule has 0 aliphatic rings. The number of rotatable bonds is 2. The van der Waals surface area contributed by atoms with Gasteiger partial charge < -0.3 is 0 Å². The summed E-state index contributed by atoms with van der Waals surface area (Å²) in [6.45, 7) is 5.61. The Hall–Kier alpha value is -0.740. The van der Waals surface area contributed by atoms with E-state index in [0.717, 1.165) is 5.56 Å². The van der Waals surface area contributed by atoms with E-state index in [2.05, 4.69) is 9.38 Å². The smallest absolute Gasteiger partial charge is 0.144 e. The predicted octanol–water partition coefficient (Wildman–Crippen LogP) is 2.62. The highest BCUT2D eigenvalue weighted by Gasteiger charge is 2.18. The van der Waals surface area contributed by atoms with Gasteiger partial charge in [-0.3, -0.25) is 4.98 Å². The summed E-state index contributed by atoms with van der Waals surface area (Å²) in [7, 11) is -1.26. The topological polar surface area (TPSA) is 42.3 Å². The van der Waals surface area contributed by atoms with Crippen LogP contribution < -0.4 is 0 Å². The SMILES string of the molecule is CC(C)(C)[S@](=O)/N=C/c1ccncc1Cl. The summed E-state index contributed by atoms with van der Waals surface area (Å²) in [5.41, 5.74) is 0.726. The summed E-state index contributed by atoms with van der Waals surface area (Å²) in [6, 6.07) is 1.73. The molecule has 0 saturated carbocycles. The standard InChI is InChI=1S/C10H13ClN2OS/c1-10(2,3)15(14)13-6-8-4-5-12-7-9(8)11/h4-7H,1-3H3/b13-6+/t15-/m0/s1. The minimum Gasteiger partial charge on any atom is -0.263 e. The fraction of sp³-hybridized carbons (Fsp3) is 0.400. The molecule has 0 N–H and O–H groups in total. The molecule has 0 unspecified atom stereocenters. The maximum Gasteiger partial charge on any atom is 0.144 e. The Balaban J connectivity index is 2.84. The first-order valence-corrected chi connectivity index (χ1v) is 5.95. The molecule has 1 aromatic rings. The molecule has 1 heterocycles.